The van der Waals surface area contributed by atoms with Crippen molar-refractivity contribution in [2.24, 2.45) is 21.8 Å². The Balaban J connectivity index is 2.06. The van der Waals surface area contributed by atoms with E-state index in [4.69, 9.17) is 0 Å². The summed E-state index contributed by atoms with van der Waals surface area (Å²) in [6.45, 7) is 0. The molecule has 2 rings (SSSR count). The van der Waals surface area contributed by atoms with Crippen LogP contribution in [0.1, 0.15) is 19.3 Å². The van der Waals surface area contributed by atoms with Crippen molar-refractivity contribution < 1.29 is 9.59 Å². The van der Waals surface area contributed by atoms with Crippen LogP contribution in [-0.4, -0.2) is 24.2 Å². The molecule has 0 aromatic rings. The summed E-state index contributed by atoms with van der Waals surface area (Å²) in [6, 6.07) is 0.279. The van der Waals surface area contributed by atoms with Gasteiger partial charge < -0.3 is 0 Å². The first-order valence-electron chi connectivity index (χ1n) is 4.49. The van der Waals surface area contributed by atoms with Crippen molar-refractivity contribution in [2.75, 3.05) is 0 Å². The van der Waals surface area contributed by atoms with E-state index in [9.17, 15) is 9.59 Å². The lowest BCUT2D eigenvalue weighted by Crippen LogP contribution is -2.22. The second kappa shape index (κ2) is 3.25. The molecule has 0 N–H and O–H groups in total. The Bertz CT molecular complexity index is 273. The minimum atomic E-state index is 0.139. The van der Waals surface area contributed by atoms with E-state index in [1.165, 1.54) is 0 Å². The molecule has 4 nitrogen and oxygen atoms in total. The molecule has 0 radical (unpaired) electrons. The average Bonchev–Trinajstić information content (AvgIpc) is 2.65. The minimum absolute atomic E-state index is 0.139. The standard InChI is InChI=1S/C9H10N2O2/c12-4-10-8-2-6-1-7(8)3-9(6)11-5-13/h6-9H,1-3H2. The van der Waals surface area contributed by atoms with Crippen LogP contribution in [0.4, 0.5) is 0 Å². The van der Waals surface area contributed by atoms with E-state index >= 15 is 0 Å². The van der Waals surface area contributed by atoms with E-state index < -0.39 is 0 Å². The molecule has 0 aliphatic heterocycles. The SMILES string of the molecule is O=C=NC1CC2CC1CC2N=C=O. The highest BCUT2D eigenvalue weighted by molar-refractivity contribution is 5.35. The molecule has 13 heavy (non-hydrogen) atoms. The van der Waals surface area contributed by atoms with Crippen molar-refractivity contribution in [1.29, 1.82) is 0 Å². The highest BCUT2D eigenvalue weighted by Crippen LogP contribution is 2.47. The molecule has 2 saturated carbocycles. The van der Waals surface area contributed by atoms with E-state index in [1.54, 1.807) is 12.2 Å². The Morgan fingerprint density at radius 3 is 1.62 bits per heavy atom. The number of hydrogen-bond acceptors (Lipinski definition) is 4. The Kier molecular flexibility index (Phi) is 2.09. The molecule has 0 spiro atoms. The largest absolute Gasteiger partial charge is 0.235 e. The van der Waals surface area contributed by atoms with E-state index in [1.807, 2.05) is 0 Å². The molecule has 0 aromatic carbocycles. The lowest BCUT2D eigenvalue weighted by Gasteiger charge is -2.20. The fourth-order valence-corrected chi connectivity index (χ4v) is 2.67. The third-order valence-electron chi connectivity index (χ3n) is 3.22. The first kappa shape index (κ1) is 8.36. The lowest BCUT2D eigenvalue weighted by atomic mass is 9.92. The predicted molar refractivity (Wildman–Crippen MR) is 44.7 cm³/mol. The molecule has 0 amide bonds. The van der Waals surface area contributed by atoms with Crippen LogP contribution < -0.4 is 0 Å². The first-order valence-corrected chi connectivity index (χ1v) is 4.49. The smallest absolute Gasteiger partial charge is 0.211 e. The molecule has 0 aromatic heterocycles. The molecule has 68 valence electrons. The molecular weight excluding hydrogens is 168 g/mol. The lowest BCUT2D eigenvalue weighted by molar-refractivity contribution is 0.375. The number of isocyanates is 2. The topological polar surface area (TPSA) is 58.9 Å². The van der Waals surface area contributed by atoms with E-state index in [-0.39, 0.29) is 12.1 Å². The van der Waals surface area contributed by atoms with Gasteiger partial charge in [-0.25, -0.2) is 19.6 Å². The molecule has 0 heterocycles. The van der Waals surface area contributed by atoms with Crippen LogP contribution in [0.3, 0.4) is 0 Å². The van der Waals surface area contributed by atoms with Crippen LogP contribution in [0.2, 0.25) is 0 Å². The number of fused-ring (bicyclic) bond motifs is 2. The van der Waals surface area contributed by atoms with Crippen molar-refractivity contribution in [1.82, 2.24) is 0 Å². The zero-order valence-electron chi connectivity index (χ0n) is 7.14. The van der Waals surface area contributed by atoms with Crippen LogP contribution in [-0.2, 0) is 9.59 Å². The van der Waals surface area contributed by atoms with Crippen LogP contribution >= 0.6 is 0 Å². The fraction of sp³-hybridized carbons (Fsp3) is 0.778. The maximum atomic E-state index is 10.1. The van der Waals surface area contributed by atoms with Crippen molar-refractivity contribution in [2.45, 2.75) is 31.3 Å². The van der Waals surface area contributed by atoms with Gasteiger partial charge in [0.05, 0.1) is 12.1 Å². The normalized spacial score (nSPS) is 40.9. The zero-order chi connectivity index (χ0) is 9.26. The van der Waals surface area contributed by atoms with Crippen molar-refractivity contribution >= 4 is 12.2 Å². The highest BCUT2D eigenvalue weighted by atomic mass is 16.1. The van der Waals surface area contributed by atoms with Gasteiger partial charge in [0, 0.05) is 0 Å². The number of aliphatic imine (C=N–C) groups is 2. The van der Waals surface area contributed by atoms with Crippen LogP contribution in [0.25, 0.3) is 0 Å². The van der Waals surface area contributed by atoms with Crippen molar-refractivity contribution in [3.05, 3.63) is 0 Å². The van der Waals surface area contributed by atoms with E-state index in [2.05, 4.69) is 9.98 Å². The van der Waals surface area contributed by atoms with Crippen LogP contribution in [0.5, 0.6) is 0 Å². The molecule has 2 bridgehead atoms. The van der Waals surface area contributed by atoms with Gasteiger partial charge in [0.1, 0.15) is 0 Å². The maximum absolute atomic E-state index is 10.1. The zero-order valence-corrected chi connectivity index (χ0v) is 7.14. The van der Waals surface area contributed by atoms with Gasteiger partial charge in [0.2, 0.25) is 12.2 Å². The Morgan fingerprint density at radius 1 is 0.846 bits per heavy atom. The summed E-state index contributed by atoms with van der Waals surface area (Å²) in [4.78, 5) is 27.6. The number of rotatable bonds is 2. The number of carbonyl (C=O) groups excluding carboxylic acids is 2. The summed E-state index contributed by atoms with van der Waals surface area (Å²) in [6.07, 6.45) is 6.03. The third kappa shape index (κ3) is 1.35. The third-order valence-corrected chi connectivity index (χ3v) is 3.22. The summed E-state index contributed by atoms with van der Waals surface area (Å²) < 4.78 is 0. The summed E-state index contributed by atoms with van der Waals surface area (Å²) >= 11 is 0. The van der Waals surface area contributed by atoms with E-state index in [0.717, 1.165) is 19.3 Å². The Morgan fingerprint density at radius 2 is 1.31 bits per heavy atom. The van der Waals surface area contributed by atoms with Gasteiger partial charge in [-0.15, -0.1) is 0 Å². The molecular formula is C9H10N2O2. The molecule has 2 aliphatic rings. The van der Waals surface area contributed by atoms with Gasteiger partial charge in [-0.1, -0.05) is 0 Å². The Hall–Kier alpha value is -1.24. The van der Waals surface area contributed by atoms with Gasteiger partial charge in [0.25, 0.3) is 0 Å². The second-order valence-corrected chi connectivity index (χ2v) is 3.80. The van der Waals surface area contributed by atoms with Gasteiger partial charge >= 0.3 is 0 Å². The average molecular weight is 178 g/mol. The first-order chi connectivity index (χ1) is 6.35. The summed E-state index contributed by atoms with van der Waals surface area (Å²) in [7, 11) is 0. The van der Waals surface area contributed by atoms with Gasteiger partial charge in [-0.05, 0) is 31.1 Å². The van der Waals surface area contributed by atoms with Crippen molar-refractivity contribution in [3.8, 4) is 0 Å². The number of hydrogen-bond donors (Lipinski definition) is 0. The molecule has 2 fully saturated rings. The molecule has 4 unspecified atom stereocenters. The molecule has 2 aliphatic carbocycles. The van der Waals surface area contributed by atoms with Gasteiger partial charge in [-0.2, -0.15) is 0 Å². The summed E-state index contributed by atoms with van der Waals surface area (Å²) in [5.41, 5.74) is 0. The summed E-state index contributed by atoms with van der Waals surface area (Å²) in [5, 5.41) is 0. The minimum Gasteiger partial charge on any atom is -0.211 e. The summed E-state index contributed by atoms with van der Waals surface area (Å²) in [5.74, 6) is 0.877. The highest BCUT2D eigenvalue weighted by Gasteiger charge is 2.46. The predicted octanol–water partition coefficient (Wildman–Crippen LogP) is 0.825. The van der Waals surface area contributed by atoms with Crippen LogP contribution in [0.15, 0.2) is 9.98 Å². The van der Waals surface area contributed by atoms with Crippen LogP contribution in [0, 0.1) is 11.8 Å². The number of nitrogens with zero attached hydrogens (tertiary/aromatic N) is 2. The maximum Gasteiger partial charge on any atom is 0.235 e. The second-order valence-electron chi connectivity index (χ2n) is 3.80. The fourth-order valence-electron chi connectivity index (χ4n) is 2.67. The molecule has 4 heteroatoms. The van der Waals surface area contributed by atoms with Crippen molar-refractivity contribution in [3.63, 3.8) is 0 Å². The van der Waals surface area contributed by atoms with Gasteiger partial charge in [-0.3, -0.25) is 0 Å². The Labute approximate surface area is 75.8 Å². The quantitative estimate of drug-likeness (QED) is 0.464. The monoisotopic (exact) mass is 178 g/mol. The van der Waals surface area contributed by atoms with E-state index in [0.29, 0.717) is 11.8 Å². The van der Waals surface area contributed by atoms with Gasteiger partial charge in [0.15, 0.2) is 0 Å². The molecule has 0 saturated heterocycles. The molecule has 4 atom stereocenters.